The summed E-state index contributed by atoms with van der Waals surface area (Å²) in [5.74, 6) is 6.12. The Morgan fingerprint density at radius 3 is 0.922 bits per heavy atom. The number of hydrogen-bond donors (Lipinski definition) is 6. The Bertz CT molecular complexity index is 3690. The monoisotopic (exact) mass is 1450 g/mol. The van der Waals surface area contributed by atoms with Crippen molar-refractivity contribution in [1.29, 1.82) is 0 Å². The van der Waals surface area contributed by atoms with E-state index < -0.39 is 0 Å². The number of piperazine rings is 3. The van der Waals surface area contributed by atoms with Crippen molar-refractivity contribution in [2.24, 2.45) is 0 Å². The topological polar surface area (TPSA) is 248 Å². The maximum absolute atomic E-state index is 13.8. The van der Waals surface area contributed by atoms with Crippen LogP contribution in [0.3, 0.4) is 0 Å². The molecule has 540 valence electrons. The number of carbonyl (C=O) groups excluding carboxylic acids is 3. The van der Waals surface area contributed by atoms with Crippen molar-refractivity contribution in [3.63, 3.8) is 0 Å². The second-order valence-corrected chi connectivity index (χ2v) is 29.9. The second kappa shape index (κ2) is 30.4. The molecule has 24 nitrogen and oxygen atoms in total. The fraction of sp³-hybridized carbons (Fsp3) is 0.480. The Morgan fingerprint density at radius 2 is 0.676 bits per heavy atom. The number of anilines is 6. The molecule has 3 saturated carbocycles. The van der Waals surface area contributed by atoms with Gasteiger partial charge in [-0.2, -0.15) is 0 Å². The third kappa shape index (κ3) is 15.5. The zero-order chi connectivity index (χ0) is 71.9. The number of aromatic nitrogens is 6. The van der Waals surface area contributed by atoms with Crippen LogP contribution in [-0.4, -0.2) is 176 Å². The van der Waals surface area contributed by atoms with Gasteiger partial charge in [0.25, 0.3) is 0 Å². The van der Waals surface area contributed by atoms with E-state index in [1.807, 2.05) is 93.6 Å². The molecule has 3 aromatic carbocycles. The quantitative estimate of drug-likeness (QED) is 0.0468. The molecule has 15 rings (SSSR count). The summed E-state index contributed by atoms with van der Waals surface area (Å²) in [7, 11) is 0. The van der Waals surface area contributed by atoms with Crippen molar-refractivity contribution in [1.82, 2.24) is 60.6 Å². The minimum atomic E-state index is -0.247. The van der Waals surface area contributed by atoms with E-state index in [0.29, 0.717) is 90.1 Å². The predicted molar refractivity (Wildman–Crippen MR) is 399 cm³/mol. The third-order valence-electron chi connectivity index (χ3n) is 20.4. The summed E-state index contributed by atoms with van der Waals surface area (Å²) in [6.45, 7) is 36.0. The number of benzene rings is 3. The summed E-state index contributed by atoms with van der Waals surface area (Å²) >= 11 is 18.3. The maximum atomic E-state index is 13.8. The Labute approximate surface area is 612 Å². The highest BCUT2D eigenvalue weighted by molar-refractivity contribution is 6.31. The first-order chi connectivity index (χ1) is 49.0. The van der Waals surface area contributed by atoms with Crippen LogP contribution in [0.25, 0.3) is 0 Å². The molecular weight excluding hydrogens is 1360 g/mol. The van der Waals surface area contributed by atoms with Gasteiger partial charge in [-0.25, -0.2) is 29.9 Å². The molecule has 6 fully saturated rings. The van der Waals surface area contributed by atoms with E-state index in [1.54, 1.807) is 19.0 Å². The van der Waals surface area contributed by atoms with E-state index in [1.165, 1.54) is 0 Å². The minimum absolute atomic E-state index is 0.169. The molecule has 6 aliphatic heterocycles. The van der Waals surface area contributed by atoms with Crippen LogP contribution < -0.4 is 46.6 Å². The molecule has 3 saturated heterocycles. The highest BCUT2D eigenvalue weighted by Gasteiger charge is 2.56. The number of halogens is 3. The van der Waals surface area contributed by atoms with Crippen LogP contribution in [0.2, 0.25) is 15.1 Å². The van der Waals surface area contributed by atoms with Crippen LogP contribution in [0.1, 0.15) is 151 Å². The second-order valence-electron chi connectivity index (χ2n) is 28.6. The first kappa shape index (κ1) is 71.9. The normalized spacial score (nSPS) is 24.1. The van der Waals surface area contributed by atoms with E-state index in [0.717, 1.165) is 107 Å². The molecular formula is C75H93Cl3N18O6. The molecule has 0 bridgehead atoms. The molecule has 9 aliphatic rings. The summed E-state index contributed by atoms with van der Waals surface area (Å²) in [5, 5.41) is 21.7. The number of nitrogens with zero attached hydrogens (tertiary/aromatic N) is 12. The average molecular weight is 1450 g/mol. The van der Waals surface area contributed by atoms with Crippen LogP contribution in [0.4, 0.5) is 34.9 Å². The summed E-state index contributed by atoms with van der Waals surface area (Å²) in [4.78, 5) is 81.4. The predicted octanol–water partition coefficient (Wildman–Crippen LogP) is 11.0. The molecule has 6 aromatic rings. The number of amides is 3. The van der Waals surface area contributed by atoms with Gasteiger partial charge < -0.3 is 75.5 Å². The molecule has 3 aromatic heterocycles. The smallest absolute Gasteiger partial charge is 0.231 e. The van der Waals surface area contributed by atoms with Crippen molar-refractivity contribution in [3.05, 3.63) is 178 Å². The van der Waals surface area contributed by atoms with Crippen molar-refractivity contribution >= 4 is 87.4 Å². The Balaban J connectivity index is 0.000000137. The lowest BCUT2D eigenvalue weighted by Gasteiger charge is -2.38. The van der Waals surface area contributed by atoms with Gasteiger partial charge in [0.05, 0.1) is 70.7 Å². The number of carbonyl (C=O) groups is 3. The number of fused-ring (bicyclic) bond motifs is 6. The lowest BCUT2D eigenvalue weighted by atomic mass is 9.96. The van der Waals surface area contributed by atoms with Crippen LogP contribution in [0.5, 0.6) is 0 Å². The Hall–Kier alpha value is -8.52. The number of nitrogens with one attached hydrogen (secondary N) is 6. The summed E-state index contributed by atoms with van der Waals surface area (Å²) in [6.07, 6.45) is 6.98. The van der Waals surface area contributed by atoms with Crippen LogP contribution in [0, 0.1) is 0 Å². The first-order valence-corrected chi connectivity index (χ1v) is 36.7. The van der Waals surface area contributed by atoms with Gasteiger partial charge in [-0.3, -0.25) is 14.4 Å². The third-order valence-corrected chi connectivity index (χ3v) is 21.2. The van der Waals surface area contributed by atoms with Crippen LogP contribution in [-0.2, 0) is 28.6 Å². The Morgan fingerprint density at radius 1 is 0.422 bits per heavy atom. The van der Waals surface area contributed by atoms with E-state index >= 15 is 0 Å². The molecule has 102 heavy (non-hydrogen) atoms. The largest absolute Gasteiger partial charge is 0.471 e. The molecule has 0 spiro atoms. The van der Waals surface area contributed by atoms with Gasteiger partial charge in [0, 0.05) is 92.1 Å². The van der Waals surface area contributed by atoms with Crippen molar-refractivity contribution < 1.29 is 28.6 Å². The molecule has 9 heterocycles. The summed E-state index contributed by atoms with van der Waals surface area (Å²) in [5.41, 5.74) is 5.81. The number of rotatable bonds is 18. The number of ether oxygens (including phenoxy) is 3. The van der Waals surface area contributed by atoms with E-state index in [4.69, 9.17) is 49.0 Å². The molecule has 1 unspecified atom stereocenters. The Kier molecular flexibility index (Phi) is 21.4. The fourth-order valence-electron chi connectivity index (χ4n) is 15.1. The van der Waals surface area contributed by atoms with E-state index in [9.17, 15) is 14.4 Å². The highest BCUT2D eigenvalue weighted by atomic mass is 35.5. The maximum Gasteiger partial charge on any atom is 0.231 e. The van der Waals surface area contributed by atoms with Gasteiger partial charge >= 0.3 is 0 Å². The van der Waals surface area contributed by atoms with Crippen molar-refractivity contribution in [2.45, 2.75) is 172 Å². The molecule has 3 aliphatic carbocycles. The van der Waals surface area contributed by atoms with Crippen LogP contribution >= 0.6 is 34.8 Å². The summed E-state index contributed by atoms with van der Waals surface area (Å²) in [6, 6.07) is 25.1. The van der Waals surface area contributed by atoms with Gasteiger partial charge in [0.2, 0.25) is 17.7 Å². The molecule has 6 N–H and O–H groups in total. The van der Waals surface area contributed by atoms with E-state index in [-0.39, 0.29) is 90.0 Å². The SMILES string of the molecule is C=C1Nc2ncnc(N3CCN(C(=O)[C@H](CNC(C)C)c4ccc(Cl)cc4)[C@@H]4C[C@@H]43)c2[C@@H](C)O1.C=C1Nc2ncnc(N3CCN(C(=O)[C@H](CNC(C)C)c4ccc(Cl)cc4)[C@H]4C[C@H]43)c2C(C)O1.C=C1Nc2ncnc(N3CCN(C(=O)[C@H](CNC(C)C)c4ccc(Cl)cc4)[C@H]4C[C@H]43)c2[C@@H](C)O1. The minimum Gasteiger partial charge on any atom is -0.471 e. The van der Waals surface area contributed by atoms with E-state index in [2.05, 4.69) is 152 Å². The van der Waals surface area contributed by atoms with Crippen molar-refractivity contribution in [2.75, 3.05) is 89.6 Å². The fourth-order valence-corrected chi connectivity index (χ4v) is 15.5. The van der Waals surface area contributed by atoms with Gasteiger partial charge in [0.1, 0.15) is 72.2 Å². The van der Waals surface area contributed by atoms with Gasteiger partial charge in [-0.15, -0.1) is 0 Å². The standard InChI is InChI=1S/3C25H31ClN6O2/c3*1-14(2)27-12-19(17-5-7-18(26)8-6-17)25(33)32-10-9-31(20-11-21(20)32)24-22-15(3)34-16(4)30-23(22)28-13-29-24/h3*5-8,13-15,19-21,27H,4,9-12H2,1-3H3,(H,28,29,30)/t15?,19-,20-,21+;15-,19-,20+,21-;15-,19-,20-,21+/m111/s1. The van der Waals surface area contributed by atoms with Gasteiger partial charge in [-0.1, -0.05) is 113 Å². The van der Waals surface area contributed by atoms with Gasteiger partial charge in [0.15, 0.2) is 17.6 Å². The lowest BCUT2D eigenvalue weighted by molar-refractivity contribution is -0.134. The number of hydrogen-bond acceptors (Lipinski definition) is 21. The average Bonchev–Trinajstić information content (AvgIpc) is 1.59. The lowest BCUT2D eigenvalue weighted by Crippen LogP contribution is -2.51. The first-order valence-electron chi connectivity index (χ1n) is 35.6. The molecule has 27 heteroatoms. The zero-order valence-electron chi connectivity index (χ0n) is 59.4. The summed E-state index contributed by atoms with van der Waals surface area (Å²) < 4.78 is 17.4. The molecule has 3 amide bonds. The molecule has 12 atom stereocenters. The zero-order valence-corrected chi connectivity index (χ0v) is 61.6. The highest BCUT2D eigenvalue weighted by Crippen LogP contribution is 2.49. The molecule has 0 radical (unpaired) electrons. The van der Waals surface area contributed by atoms with Crippen molar-refractivity contribution in [3.8, 4) is 0 Å². The van der Waals surface area contributed by atoms with Crippen LogP contribution in [0.15, 0.2) is 129 Å². The van der Waals surface area contributed by atoms with Gasteiger partial charge in [-0.05, 0) is 113 Å².